The second-order valence-corrected chi connectivity index (χ2v) is 6.07. The van der Waals surface area contributed by atoms with E-state index in [0.717, 1.165) is 6.42 Å². The van der Waals surface area contributed by atoms with Crippen LogP contribution in [0.15, 0.2) is 30.3 Å². The van der Waals surface area contributed by atoms with Gasteiger partial charge in [0, 0.05) is 37.0 Å². The van der Waals surface area contributed by atoms with E-state index in [-0.39, 0.29) is 29.7 Å². The molecular weight excluding hydrogens is 282 g/mol. The van der Waals surface area contributed by atoms with Crippen LogP contribution >= 0.6 is 0 Å². The molecule has 0 bridgehead atoms. The quantitative estimate of drug-likeness (QED) is 0.834. The second-order valence-electron chi connectivity index (χ2n) is 6.07. The summed E-state index contributed by atoms with van der Waals surface area (Å²) in [4.78, 5) is 37.3. The van der Waals surface area contributed by atoms with E-state index in [1.807, 2.05) is 6.07 Å². The molecule has 2 aliphatic rings. The van der Waals surface area contributed by atoms with Gasteiger partial charge in [0.25, 0.3) is 5.91 Å². The molecule has 2 saturated heterocycles. The summed E-state index contributed by atoms with van der Waals surface area (Å²) < 4.78 is 0. The third-order valence-corrected chi connectivity index (χ3v) is 4.42. The predicted octanol–water partition coefficient (Wildman–Crippen LogP) is 0.155. The molecule has 22 heavy (non-hydrogen) atoms. The van der Waals surface area contributed by atoms with Gasteiger partial charge in [0.15, 0.2) is 0 Å². The molecular formula is C16H19N3O3. The van der Waals surface area contributed by atoms with Crippen molar-refractivity contribution < 1.29 is 14.4 Å². The SMILES string of the molecule is O=C1CC2(CCN(C(=O)CNC(=O)c3ccccc3)C2)CN1. The lowest BCUT2D eigenvalue weighted by Crippen LogP contribution is -2.40. The van der Waals surface area contributed by atoms with E-state index in [1.165, 1.54) is 0 Å². The van der Waals surface area contributed by atoms with Crippen LogP contribution in [0.4, 0.5) is 0 Å². The molecule has 1 spiro atoms. The first-order valence-electron chi connectivity index (χ1n) is 7.46. The number of likely N-dealkylation sites (tertiary alicyclic amines) is 1. The summed E-state index contributed by atoms with van der Waals surface area (Å²) >= 11 is 0. The Bertz CT molecular complexity index is 602. The van der Waals surface area contributed by atoms with Crippen LogP contribution in [0.5, 0.6) is 0 Å². The molecule has 116 valence electrons. The summed E-state index contributed by atoms with van der Waals surface area (Å²) in [5, 5.41) is 5.49. The Kier molecular flexibility index (Phi) is 3.83. The van der Waals surface area contributed by atoms with Crippen molar-refractivity contribution in [3.63, 3.8) is 0 Å². The summed E-state index contributed by atoms with van der Waals surface area (Å²) in [6, 6.07) is 8.82. The highest BCUT2D eigenvalue weighted by molar-refractivity contribution is 5.96. The van der Waals surface area contributed by atoms with Crippen molar-refractivity contribution in [1.82, 2.24) is 15.5 Å². The normalized spacial score (nSPS) is 23.6. The Labute approximate surface area is 128 Å². The van der Waals surface area contributed by atoms with E-state index < -0.39 is 0 Å². The molecule has 1 aromatic rings. The zero-order chi connectivity index (χ0) is 15.6. The number of nitrogens with one attached hydrogen (secondary N) is 2. The highest BCUT2D eigenvalue weighted by atomic mass is 16.2. The highest BCUT2D eigenvalue weighted by Crippen LogP contribution is 2.36. The maximum atomic E-state index is 12.2. The van der Waals surface area contributed by atoms with E-state index in [9.17, 15) is 14.4 Å². The first-order valence-corrected chi connectivity index (χ1v) is 7.46. The lowest BCUT2D eigenvalue weighted by Gasteiger charge is -2.21. The molecule has 2 heterocycles. The molecule has 2 aliphatic heterocycles. The summed E-state index contributed by atoms with van der Waals surface area (Å²) in [5.74, 6) is -0.284. The number of carbonyl (C=O) groups is 3. The van der Waals surface area contributed by atoms with Crippen LogP contribution in [0, 0.1) is 5.41 Å². The number of hydrogen-bond donors (Lipinski definition) is 2. The summed E-state index contributed by atoms with van der Waals surface area (Å²) in [6.45, 7) is 1.87. The Morgan fingerprint density at radius 2 is 2.05 bits per heavy atom. The number of carbonyl (C=O) groups excluding carboxylic acids is 3. The molecule has 1 atom stereocenters. The van der Waals surface area contributed by atoms with Crippen LogP contribution in [0.1, 0.15) is 23.2 Å². The summed E-state index contributed by atoms with van der Waals surface area (Å²) in [6.07, 6.45) is 1.33. The Morgan fingerprint density at radius 1 is 1.27 bits per heavy atom. The molecule has 1 aromatic carbocycles. The van der Waals surface area contributed by atoms with E-state index in [2.05, 4.69) is 10.6 Å². The molecule has 6 nitrogen and oxygen atoms in total. The van der Waals surface area contributed by atoms with E-state index >= 15 is 0 Å². The van der Waals surface area contributed by atoms with Gasteiger partial charge >= 0.3 is 0 Å². The standard InChI is InChI=1S/C16H19N3O3/c20-13-8-16(10-18-13)6-7-19(11-16)14(21)9-17-15(22)12-4-2-1-3-5-12/h1-5H,6-11H2,(H,17,22)(H,18,20). The number of rotatable bonds is 3. The maximum absolute atomic E-state index is 12.2. The van der Waals surface area contributed by atoms with Gasteiger partial charge in [0.05, 0.1) is 6.54 Å². The molecule has 0 aliphatic carbocycles. The molecule has 2 fully saturated rings. The van der Waals surface area contributed by atoms with Gasteiger partial charge in [0.1, 0.15) is 0 Å². The molecule has 0 aromatic heterocycles. The second kappa shape index (κ2) is 5.79. The van der Waals surface area contributed by atoms with Crippen molar-refractivity contribution >= 4 is 17.7 Å². The van der Waals surface area contributed by atoms with Gasteiger partial charge < -0.3 is 15.5 Å². The molecule has 2 N–H and O–H groups in total. The monoisotopic (exact) mass is 301 g/mol. The van der Waals surface area contributed by atoms with Crippen LogP contribution in [0.25, 0.3) is 0 Å². The molecule has 3 amide bonds. The van der Waals surface area contributed by atoms with Gasteiger partial charge in [-0.1, -0.05) is 18.2 Å². The van der Waals surface area contributed by atoms with Crippen molar-refractivity contribution in [3.8, 4) is 0 Å². The molecule has 3 rings (SSSR count). The van der Waals surface area contributed by atoms with Gasteiger partial charge in [-0.25, -0.2) is 0 Å². The average Bonchev–Trinajstić information content (AvgIpc) is 3.12. The van der Waals surface area contributed by atoms with Gasteiger partial charge in [-0.05, 0) is 18.6 Å². The largest absolute Gasteiger partial charge is 0.355 e. The van der Waals surface area contributed by atoms with E-state index in [1.54, 1.807) is 29.2 Å². The molecule has 0 saturated carbocycles. The number of amides is 3. The summed E-state index contributed by atoms with van der Waals surface area (Å²) in [7, 11) is 0. The fourth-order valence-corrected chi connectivity index (χ4v) is 3.15. The zero-order valence-corrected chi connectivity index (χ0v) is 12.3. The van der Waals surface area contributed by atoms with Crippen LogP contribution in [0.3, 0.4) is 0 Å². The number of benzene rings is 1. The number of hydrogen-bond acceptors (Lipinski definition) is 3. The first kappa shape index (κ1) is 14.6. The molecule has 1 unspecified atom stereocenters. The lowest BCUT2D eigenvalue weighted by molar-refractivity contribution is -0.129. The number of nitrogens with zero attached hydrogens (tertiary/aromatic N) is 1. The van der Waals surface area contributed by atoms with Gasteiger partial charge in [-0.15, -0.1) is 0 Å². The van der Waals surface area contributed by atoms with Crippen molar-refractivity contribution in [2.75, 3.05) is 26.2 Å². The minimum atomic E-state index is -0.249. The molecule has 6 heteroatoms. The minimum Gasteiger partial charge on any atom is -0.355 e. The fraction of sp³-hybridized carbons (Fsp3) is 0.438. The van der Waals surface area contributed by atoms with Gasteiger partial charge in [-0.3, -0.25) is 14.4 Å². The topological polar surface area (TPSA) is 78.5 Å². The van der Waals surface area contributed by atoms with Crippen molar-refractivity contribution in [2.45, 2.75) is 12.8 Å². The van der Waals surface area contributed by atoms with E-state index in [4.69, 9.17) is 0 Å². The van der Waals surface area contributed by atoms with Crippen molar-refractivity contribution in [1.29, 1.82) is 0 Å². The fourth-order valence-electron chi connectivity index (χ4n) is 3.15. The average molecular weight is 301 g/mol. The smallest absolute Gasteiger partial charge is 0.251 e. The van der Waals surface area contributed by atoms with Gasteiger partial charge in [0.2, 0.25) is 11.8 Å². The van der Waals surface area contributed by atoms with Crippen LogP contribution in [-0.4, -0.2) is 48.8 Å². The zero-order valence-electron chi connectivity index (χ0n) is 12.3. The summed E-state index contributed by atoms with van der Waals surface area (Å²) in [5.41, 5.74) is 0.440. The van der Waals surface area contributed by atoms with Crippen LogP contribution in [-0.2, 0) is 9.59 Å². The Morgan fingerprint density at radius 3 is 2.73 bits per heavy atom. The van der Waals surface area contributed by atoms with E-state index in [0.29, 0.717) is 31.6 Å². The van der Waals surface area contributed by atoms with Crippen molar-refractivity contribution in [3.05, 3.63) is 35.9 Å². The Balaban J connectivity index is 1.51. The Hall–Kier alpha value is -2.37. The third kappa shape index (κ3) is 2.95. The maximum Gasteiger partial charge on any atom is 0.251 e. The van der Waals surface area contributed by atoms with Crippen molar-refractivity contribution in [2.24, 2.45) is 5.41 Å². The highest BCUT2D eigenvalue weighted by Gasteiger charge is 2.44. The minimum absolute atomic E-state index is 0.00875. The van der Waals surface area contributed by atoms with Crippen LogP contribution in [0.2, 0.25) is 0 Å². The lowest BCUT2D eigenvalue weighted by atomic mass is 9.86. The predicted molar refractivity (Wildman–Crippen MR) is 80.0 cm³/mol. The molecule has 0 radical (unpaired) electrons. The van der Waals surface area contributed by atoms with Crippen LogP contribution < -0.4 is 10.6 Å². The third-order valence-electron chi connectivity index (χ3n) is 4.42. The van der Waals surface area contributed by atoms with Gasteiger partial charge in [-0.2, -0.15) is 0 Å². The first-order chi connectivity index (χ1) is 10.6.